The first-order valence-electron chi connectivity index (χ1n) is 31.5. The number of carbonyl (C=O) groups is 10. The number of urea groups is 1. The molecule has 3 saturated heterocycles. The van der Waals surface area contributed by atoms with Crippen LogP contribution in [0.1, 0.15) is 142 Å². The van der Waals surface area contributed by atoms with Crippen LogP contribution < -0.4 is 46.7 Å². The fourth-order valence-corrected chi connectivity index (χ4v) is 12.1. The predicted octanol–water partition coefficient (Wildman–Crippen LogP) is 6.22. The van der Waals surface area contributed by atoms with Gasteiger partial charge in [-0.1, -0.05) is 83.4 Å². The number of imide groups is 1. The number of alkyl carbamates (subject to hydrolysis) is 1. The first kappa shape index (κ1) is 74.2. The van der Waals surface area contributed by atoms with Gasteiger partial charge >= 0.3 is 18.1 Å². The molecule has 0 spiro atoms. The molecule has 93 heavy (non-hydrogen) atoms. The maximum atomic E-state index is 14.6. The van der Waals surface area contributed by atoms with E-state index in [1.165, 1.54) is 70.3 Å². The van der Waals surface area contributed by atoms with Crippen molar-refractivity contribution in [3.63, 3.8) is 0 Å². The molecule has 0 saturated carbocycles. The number of esters is 1. The average molecular weight is 1320 g/mol. The number of nitrogens with two attached hydrogens (primary N) is 1. The number of anilines is 2. The van der Waals surface area contributed by atoms with Crippen molar-refractivity contribution in [2.45, 2.75) is 187 Å². The maximum Gasteiger partial charge on any atom is 0.409 e. The Labute approximate surface area is 549 Å². The predicted molar refractivity (Wildman–Crippen MR) is 345 cm³/mol. The standard InChI is InChI=1S/C66H94ClN9O17/c1-36(2)56(72-51(77)23-16-15-17-27-76-53(79)32-42(33-54(76)80)64(6,7)8)59(82)71-44(21-19-26-69-62(68)85)58(81)70-43-25-24-41(31-46(43)88-12)60(83)74(10)39(5)61(84)92-50-34-52(78)75(11)45-29-40(30-47(89-13)55(45)67)28-37(3)20-18-22-49(90-14)66(87)35-48(91-63(86)73-66)38(4)57-65(50,9)93-57/h18,20,22,24-25,29-31,36,38-39,42,44,48-50,56-57,87H,15-17,19,21,23,26-28,32-35H2,1-14H3,(H,70,81)(H,71,82)(H,72,77)(H,73,86)(H3,68,69,85)/b22-18+,37-20+/t38-,39+,44+,48+,49-,50+,56+,57+,65+,66+/m1/s1. The molecule has 3 fully saturated rings. The molecular formula is C66H94ClN9O17. The highest BCUT2D eigenvalue weighted by atomic mass is 35.5. The number of likely N-dealkylation sites (N-methyl/N-ethyl adjacent to an activating group) is 1. The molecule has 6 rings (SSSR count). The summed E-state index contributed by atoms with van der Waals surface area (Å²) in [5, 5.41) is 25.4. The molecule has 0 unspecified atom stereocenters. The van der Waals surface area contributed by atoms with Crippen LogP contribution in [0.4, 0.5) is 21.0 Å². The van der Waals surface area contributed by atoms with Crippen LogP contribution in [-0.4, -0.2) is 177 Å². The lowest BCUT2D eigenvalue weighted by Crippen LogP contribution is -2.63. The zero-order valence-corrected chi connectivity index (χ0v) is 56.6. The Bertz CT molecular complexity index is 3170. The van der Waals surface area contributed by atoms with E-state index >= 15 is 0 Å². The Morgan fingerprint density at radius 1 is 0.914 bits per heavy atom. The highest BCUT2D eigenvalue weighted by Crippen LogP contribution is 2.49. The molecule has 2 aromatic carbocycles. The van der Waals surface area contributed by atoms with Gasteiger partial charge in [0.05, 0.1) is 38.1 Å². The third-order valence-electron chi connectivity index (χ3n) is 18.0. The summed E-state index contributed by atoms with van der Waals surface area (Å²) >= 11 is 6.87. The van der Waals surface area contributed by atoms with E-state index in [0.29, 0.717) is 50.0 Å². The highest BCUT2D eigenvalue weighted by Gasteiger charge is 2.64. The molecule has 512 valence electrons. The molecule has 8 N–H and O–H groups in total. The van der Waals surface area contributed by atoms with Crippen LogP contribution in [0.2, 0.25) is 5.02 Å². The lowest BCUT2D eigenvalue weighted by Gasteiger charge is -2.42. The van der Waals surface area contributed by atoms with Gasteiger partial charge in [-0.2, -0.15) is 0 Å². The van der Waals surface area contributed by atoms with Gasteiger partial charge in [-0.15, -0.1) is 0 Å². The third kappa shape index (κ3) is 19.0. The van der Waals surface area contributed by atoms with Gasteiger partial charge in [0.15, 0.2) is 5.72 Å². The van der Waals surface area contributed by atoms with Crippen molar-refractivity contribution >= 4 is 82.4 Å². The van der Waals surface area contributed by atoms with E-state index in [4.69, 9.17) is 45.8 Å². The van der Waals surface area contributed by atoms with Crippen LogP contribution in [-0.2, 0) is 58.9 Å². The van der Waals surface area contributed by atoms with Crippen molar-refractivity contribution < 1.29 is 81.5 Å². The summed E-state index contributed by atoms with van der Waals surface area (Å²) in [6.45, 7) is 16.5. The summed E-state index contributed by atoms with van der Waals surface area (Å²) in [6, 6.07) is 3.23. The molecule has 4 heterocycles. The van der Waals surface area contributed by atoms with E-state index in [2.05, 4.69) is 26.6 Å². The number of unbranched alkanes of at least 4 members (excludes halogenated alkanes) is 2. The zero-order chi connectivity index (χ0) is 69.0. The van der Waals surface area contributed by atoms with Crippen LogP contribution in [0.15, 0.2) is 54.1 Å². The van der Waals surface area contributed by atoms with E-state index in [9.17, 15) is 53.1 Å². The first-order chi connectivity index (χ1) is 43.7. The Hall–Kier alpha value is -7.81. The minimum Gasteiger partial charge on any atom is -0.495 e. The minimum atomic E-state index is -1.93. The number of halogens is 1. The summed E-state index contributed by atoms with van der Waals surface area (Å²) in [6.07, 6.45) is 2.26. The molecule has 27 heteroatoms. The van der Waals surface area contributed by atoms with Crippen LogP contribution in [0.3, 0.4) is 0 Å². The summed E-state index contributed by atoms with van der Waals surface area (Å²) in [7, 11) is 7.05. The lowest BCUT2D eigenvalue weighted by atomic mass is 9.75. The Balaban J connectivity index is 1.15. The quantitative estimate of drug-likeness (QED) is 0.0281. The van der Waals surface area contributed by atoms with Crippen molar-refractivity contribution in [3.05, 3.63) is 70.3 Å². The largest absolute Gasteiger partial charge is 0.495 e. The Kier molecular flexibility index (Phi) is 25.4. The second kappa shape index (κ2) is 31.9. The number of benzene rings is 2. The summed E-state index contributed by atoms with van der Waals surface area (Å²) in [5.41, 5.74) is 3.82. The van der Waals surface area contributed by atoms with Crippen molar-refractivity contribution in [1.82, 2.24) is 31.1 Å². The van der Waals surface area contributed by atoms with Gasteiger partial charge in [-0.05, 0) is 106 Å². The molecule has 2 aromatic rings. The maximum absolute atomic E-state index is 14.6. The van der Waals surface area contributed by atoms with E-state index in [1.54, 1.807) is 52.0 Å². The molecule has 4 aliphatic heterocycles. The van der Waals surface area contributed by atoms with Crippen LogP contribution in [0, 0.1) is 23.2 Å². The SMILES string of the molecule is COc1cc(C(=O)N(C)[C@@H](C)C(=O)O[C@H]2CC(=O)N(C)c3cc(cc(OC)c3Cl)C/C(C)=C/C=C/[C@@H](OC)[C@@]3(O)C[C@H](OC(=O)N3)[C@@H](C)[C@@H]3O[C@@]23C)ccc1NC(=O)[C@H](CCCNC(N)=O)NC(=O)[C@@H](NC(=O)CCCCCN1C(=O)CC(C(C)(C)C)CC1=O)C(C)C. The number of carbonyl (C=O) groups excluding carboxylic acids is 10. The summed E-state index contributed by atoms with van der Waals surface area (Å²) in [5.74, 6) is -5.09. The van der Waals surface area contributed by atoms with Crippen molar-refractivity contribution in [3.8, 4) is 11.5 Å². The minimum absolute atomic E-state index is 0.00427. The van der Waals surface area contributed by atoms with Crippen molar-refractivity contribution in [2.24, 2.45) is 28.9 Å². The van der Waals surface area contributed by atoms with Crippen molar-refractivity contribution in [2.75, 3.05) is 58.7 Å². The number of hydrogen-bond donors (Lipinski definition) is 7. The zero-order valence-electron chi connectivity index (χ0n) is 55.9. The number of rotatable bonds is 23. The van der Waals surface area contributed by atoms with Gasteiger partial charge in [-0.25, -0.2) is 14.4 Å². The van der Waals surface area contributed by atoms with Crippen molar-refractivity contribution in [1.29, 1.82) is 0 Å². The molecule has 0 aromatic heterocycles. The number of primary amides is 1. The lowest BCUT2D eigenvalue weighted by molar-refractivity contribution is -0.158. The number of allylic oxidation sites excluding steroid dienone is 3. The van der Waals surface area contributed by atoms with Crippen LogP contribution in [0.5, 0.6) is 11.5 Å². The highest BCUT2D eigenvalue weighted by molar-refractivity contribution is 6.35. The second-order valence-electron chi connectivity index (χ2n) is 26.2. The summed E-state index contributed by atoms with van der Waals surface area (Å²) in [4.78, 5) is 139. The number of nitrogens with zero attached hydrogens (tertiary/aromatic N) is 3. The topological polar surface area (TPSA) is 345 Å². The average Bonchev–Trinajstić information content (AvgIpc) is 1.58. The number of ether oxygens (including phenoxy) is 6. The fourth-order valence-electron chi connectivity index (χ4n) is 11.8. The third-order valence-corrected chi connectivity index (χ3v) is 18.4. The van der Waals surface area contributed by atoms with E-state index < -0.39 is 120 Å². The first-order valence-corrected chi connectivity index (χ1v) is 31.9. The van der Waals surface area contributed by atoms with Crippen LogP contribution >= 0.6 is 11.6 Å². The molecular weight excluding hydrogens is 1230 g/mol. The number of amides is 10. The molecule has 4 aliphatic rings. The summed E-state index contributed by atoms with van der Waals surface area (Å²) < 4.78 is 35.3. The van der Waals surface area contributed by atoms with Gasteiger partial charge in [0.1, 0.15) is 58.6 Å². The fraction of sp³-hybridized carbons (Fsp3) is 0.606. The van der Waals surface area contributed by atoms with Gasteiger partial charge in [0.2, 0.25) is 35.4 Å². The smallest absolute Gasteiger partial charge is 0.409 e. The number of fused-ring (bicyclic) bond motifs is 5. The number of aliphatic hydroxyl groups is 1. The number of methoxy groups -OCH3 is 3. The normalized spacial score (nSPS) is 24.7. The number of hydrogen-bond acceptors (Lipinski definition) is 17. The Morgan fingerprint density at radius 3 is 2.22 bits per heavy atom. The number of nitrogens with one attached hydrogen (secondary N) is 5. The van der Waals surface area contributed by atoms with E-state index in [0.717, 1.165) is 16.0 Å². The molecule has 4 bridgehead atoms. The molecule has 0 aliphatic carbocycles. The molecule has 26 nitrogen and oxygen atoms in total. The van der Waals surface area contributed by atoms with Gasteiger partial charge < -0.3 is 70.3 Å². The van der Waals surface area contributed by atoms with Gasteiger partial charge in [-0.3, -0.25) is 43.8 Å². The molecule has 10 amide bonds. The number of likely N-dealkylation sites (tertiary alicyclic amines) is 1. The number of piperidine rings is 1. The van der Waals surface area contributed by atoms with E-state index in [1.807, 2.05) is 33.8 Å². The van der Waals surface area contributed by atoms with Crippen LogP contribution in [0.25, 0.3) is 0 Å². The van der Waals surface area contributed by atoms with Gasteiger partial charge in [0, 0.05) is 71.5 Å². The molecule has 10 atom stereocenters. The number of epoxide rings is 1. The van der Waals surface area contributed by atoms with E-state index in [-0.39, 0.29) is 83.9 Å². The second-order valence-corrected chi connectivity index (χ2v) is 26.6. The molecule has 0 radical (unpaired) electrons. The monoisotopic (exact) mass is 1320 g/mol. The van der Waals surface area contributed by atoms with Gasteiger partial charge in [0.25, 0.3) is 5.91 Å². The Morgan fingerprint density at radius 2 is 1.59 bits per heavy atom.